The Balaban J connectivity index is 1.70. The summed E-state index contributed by atoms with van der Waals surface area (Å²) in [5, 5.41) is 12.1. The number of hydrogen-bond donors (Lipinski definition) is 1. The van der Waals surface area contributed by atoms with E-state index in [1.807, 2.05) is 6.07 Å². The number of nitrogens with one attached hydrogen (secondary N) is 1. The average molecular weight is 476 g/mol. The van der Waals surface area contributed by atoms with Crippen LogP contribution in [0.4, 0.5) is 24.7 Å². The lowest BCUT2D eigenvalue weighted by Gasteiger charge is -2.26. The lowest BCUT2D eigenvalue weighted by molar-refractivity contribution is -0.137. The number of amides is 1. The topological polar surface area (TPSA) is 72.3 Å². The molecule has 1 N–H and O–H groups in total. The molecule has 0 saturated carbocycles. The number of hydrogen-bond acceptors (Lipinski definition) is 5. The largest absolute Gasteiger partial charge is 0.417 e. The monoisotopic (exact) mass is 475 g/mol. The number of benzene rings is 1. The van der Waals surface area contributed by atoms with E-state index in [1.54, 1.807) is 29.2 Å². The van der Waals surface area contributed by atoms with Gasteiger partial charge < -0.3 is 15.1 Å². The lowest BCUT2D eigenvalue weighted by atomic mass is 10.2. The van der Waals surface area contributed by atoms with Crippen LogP contribution in [0.3, 0.4) is 0 Å². The molecule has 2 atom stereocenters. The predicted molar refractivity (Wildman–Crippen MR) is 119 cm³/mol. The summed E-state index contributed by atoms with van der Waals surface area (Å²) in [5.74, 6) is 2.44. The molecule has 1 amide bonds. The third-order valence-corrected chi connectivity index (χ3v) is 5.55. The lowest BCUT2D eigenvalue weighted by Crippen LogP contribution is -2.45. The Hall–Kier alpha value is -3.27. The van der Waals surface area contributed by atoms with Gasteiger partial charge in [0.25, 0.3) is 0 Å². The first kappa shape index (κ1) is 24.4. The van der Waals surface area contributed by atoms with Gasteiger partial charge in [0.15, 0.2) is 5.82 Å². The molecule has 1 fully saturated rings. The summed E-state index contributed by atoms with van der Waals surface area (Å²) in [6.07, 6.45) is 2.79. The maximum atomic E-state index is 13.0. The summed E-state index contributed by atoms with van der Waals surface area (Å²) >= 11 is 6.16. The molecular weight excluding hydrogens is 455 g/mol. The number of pyridine rings is 1. The fourth-order valence-corrected chi connectivity index (χ4v) is 3.94. The molecule has 0 spiro atoms. The van der Waals surface area contributed by atoms with Gasteiger partial charge in [0.05, 0.1) is 29.2 Å². The van der Waals surface area contributed by atoms with Crippen molar-refractivity contribution in [2.75, 3.05) is 24.5 Å². The molecule has 33 heavy (non-hydrogen) atoms. The van der Waals surface area contributed by atoms with Crippen LogP contribution in [0.2, 0.25) is 5.02 Å². The Morgan fingerprint density at radius 3 is 2.61 bits per heavy atom. The van der Waals surface area contributed by atoms with Crippen LogP contribution in [0.25, 0.3) is 0 Å². The number of nitriles is 1. The smallest absolute Gasteiger partial charge is 0.324 e. The number of likely N-dealkylation sites (tertiary alicyclic amines) is 1. The van der Waals surface area contributed by atoms with Crippen LogP contribution in [0.5, 0.6) is 0 Å². The van der Waals surface area contributed by atoms with Crippen LogP contribution < -0.4 is 10.2 Å². The number of para-hydroxylation sites is 1. The van der Waals surface area contributed by atoms with Crippen molar-refractivity contribution in [3.8, 4) is 18.4 Å². The van der Waals surface area contributed by atoms with Gasteiger partial charge in [-0.25, -0.2) is 4.98 Å². The molecule has 2 heterocycles. The fourth-order valence-electron chi connectivity index (χ4n) is 3.68. The van der Waals surface area contributed by atoms with Gasteiger partial charge in [-0.15, -0.1) is 6.42 Å². The maximum absolute atomic E-state index is 13.0. The Morgan fingerprint density at radius 2 is 2.00 bits per heavy atom. The van der Waals surface area contributed by atoms with Crippen molar-refractivity contribution in [1.82, 2.24) is 15.2 Å². The molecule has 0 bridgehead atoms. The molecule has 172 valence electrons. The van der Waals surface area contributed by atoms with E-state index in [0.717, 1.165) is 12.3 Å². The Bertz CT molecular complexity index is 1040. The van der Waals surface area contributed by atoms with Gasteiger partial charge in [-0.05, 0) is 31.0 Å². The van der Waals surface area contributed by atoms with Gasteiger partial charge in [0.1, 0.15) is 6.04 Å². The molecule has 0 radical (unpaired) electrons. The number of alkyl halides is 3. The maximum Gasteiger partial charge on any atom is 0.417 e. The van der Waals surface area contributed by atoms with Gasteiger partial charge in [0.2, 0.25) is 5.91 Å². The zero-order chi connectivity index (χ0) is 24.0. The quantitative estimate of drug-likeness (QED) is 0.484. The highest BCUT2D eigenvalue weighted by molar-refractivity contribution is 6.33. The standard InChI is InChI=1S/C23H21ClF3N5O/c1-2-17-8-9-19(13-28)32(17)21(33)15-29-10-11-31(18-6-4-3-5-7-18)22-20(24)12-16(14-30-22)23(25,26)27/h1,3-7,12,14,17,19,29H,8-11,15H2. The van der Waals surface area contributed by atoms with Gasteiger partial charge in [-0.1, -0.05) is 35.7 Å². The fraction of sp³-hybridized carbons (Fsp3) is 0.348. The highest BCUT2D eigenvalue weighted by Gasteiger charge is 2.35. The van der Waals surface area contributed by atoms with Crippen molar-refractivity contribution >= 4 is 29.0 Å². The van der Waals surface area contributed by atoms with Gasteiger partial charge in [-0.2, -0.15) is 18.4 Å². The van der Waals surface area contributed by atoms with Gasteiger partial charge in [0, 0.05) is 25.0 Å². The van der Waals surface area contributed by atoms with Crippen molar-refractivity contribution in [2.24, 2.45) is 0 Å². The zero-order valence-electron chi connectivity index (χ0n) is 17.5. The van der Waals surface area contributed by atoms with Crippen LogP contribution in [-0.2, 0) is 11.0 Å². The normalized spacial score (nSPS) is 17.9. The molecule has 2 aromatic rings. The molecule has 6 nitrogen and oxygen atoms in total. The predicted octanol–water partition coefficient (Wildman–Crippen LogP) is 4.00. The van der Waals surface area contributed by atoms with E-state index >= 15 is 0 Å². The Kier molecular flexibility index (Phi) is 7.80. The summed E-state index contributed by atoms with van der Waals surface area (Å²) in [6, 6.07) is 10.9. The van der Waals surface area contributed by atoms with Gasteiger partial charge >= 0.3 is 6.18 Å². The van der Waals surface area contributed by atoms with Gasteiger partial charge in [-0.3, -0.25) is 4.79 Å². The number of terminal acetylenes is 1. The van der Waals surface area contributed by atoms with E-state index < -0.39 is 23.8 Å². The van der Waals surface area contributed by atoms with Crippen molar-refractivity contribution in [3.63, 3.8) is 0 Å². The molecule has 1 saturated heterocycles. The third-order valence-electron chi connectivity index (χ3n) is 5.28. The molecule has 1 aromatic carbocycles. The Labute approximate surface area is 195 Å². The molecule has 1 aliphatic heterocycles. The van der Waals surface area contributed by atoms with Crippen LogP contribution in [0.1, 0.15) is 18.4 Å². The molecular formula is C23H21ClF3N5O. The van der Waals surface area contributed by atoms with E-state index in [-0.39, 0.29) is 29.8 Å². The highest BCUT2D eigenvalue weighted by Crippen LogP contribution is 2.35. The Morgan fingerprint density at radius 1 is 1.30 bits per heavy atom. The number of halogens is 4. The first-order valence-electron chi connectivity index (χ1n) is 10.2. The van der Waals surface area contributed by atoms with Crippen molar-refractivity contribution < 1.29 is 18.0 Å². The highest BCUT2D eigenvalue weighted by atomic mass is 35.5. The summed E-state index contributed by atoms with van der Waals surface area (Å²) < 4.78 is 39.0. The van der Waals surface area contributed by atoms with Crippen molar-refractivity contribution in [3.05, 3.63) is 53.2 Å². The van der Waals surface area contributed by atoms with E-state index in [9.17, 15) is 23.2 Å². The summed E-state index contributed by atoms with van der Waals surface area (Å²) in [5.41, 5.74) is -0.259. The van der Waals surface area contributed by atoms with Crippen LogP contribution >= 0.6 is 11.6 Å². The van der Waals surface area contributed by atoms with Crippen LogP contribution in [-0.4, -0.2) is 47.5 Å². The molecule has 0 aliphatic carbocycles. The second-order valence-corrected chi connectivity index (χ2v) is 7.80. The number of nitrogens with zero attached hydrogens (tertiary/aromatic N) is 4. The number of aromatic nitrogens is 1. The van der Waals surface area contributed by atoms with E-state index in [2.05, 4.69) is 22.3 Å². The second-order valence-electron chi connectivity index (χ2n) is 7.40. The minimum Gasteiger partial charge on any atom is -0.324 e. The summed E-state index contributed by atoms with van der Waals surface area (Å²) in [6.45, 7) is 0.536. The first-order valence-corrected chi connectivity index (χ1v) is 10.6. The van der Waals surface area contributed by atoms with E-state index in [0.29, 0.717) is 25.1 Å². The minimum absolute atomic E-state index is 0.0346. The molecule has 1 aromatic heterocycles. The van der Waals surface area contributed by atoms with Crippen molar-refractivity contribution in [2.45, 2.75) is 31.1 Å². The SMILES string of the molecule is C#CC1CCC(C#N)N1C(=O)CNCCN(c1ccccc1)c1ncc(C(F)(F)F)cc1Cl. The first-order chi connectivity index (χ1) is 15.8. The number of rotatable bonds is 7. The summed E-state index contributed by atoms with van der Waals surface area (Å²) in [7, 11) is 0. The number of carbonyl (C=O) groups excluding carboxylic acids is 1. The summed E-state index contributed by atoms with van der Waals surface area (Å²) in [4.78, 5) is 19.7. The molecule has 2 unspecified atom stereocenters. The average Bonchev–Trinajstić information content (AvgIpc) is 3.23. The molecule has 10 heteroatoms. The van der Waals surface area contributed by atoms with E-state index in [1.165, 1.54) is 4.90 Å². The zero-order valence-corrected chi connectivity index (χ0v) is 18.3. The number of carbonyl (C=O) groups is 1. The molecule has 1 aliphatic rings. The molecule has 3 rings (SSSR count). The van der Waals surface area contributed by atoms with E-state index in [4.69, 9.17) is 18.0 Å². The number of anilines is 2. The van der Waals surface area contributed by atoms with Crippen LogP contribution in [0.15, 0.2) is 42.6 Å². The van der Waals surface area contributed by atoms with Crippen LogP contribution in [0, 0.1) is 23.7 Å². The third kappa shape index (κ3) is 5.75. The second kappa shape index (κ2) is 10.6. The minimum atomic E-state index is -4.55. The van der Waals surface area contributed by atoms with Crippen molar-refractivity contribution in [1.29, 1.82) is 5.26 Å².